The molecule has 0 aliphatic carbocycles. The standard InChI is InChI=1S/C10H14N.Li/c1-9(2)11-8-10-6-4-3-5-7-10;/h3-7,9H,8H2,1-2H3;/q-1;+1. The molecule has 0 aromatic heterocycles. The molecule has 2 heteroatoms. The van der Waals surface area contributed by atoms with Crippen LogP contribution in [0.3, 0.4) is 0 Å². The van der Waals surface area contributed by atoms with Crippen molar-refractivity contribution in [2.24, 2.45) is 0 Å². The molecule has 60 valence electrons. The normalized spacial score (nSPS) is 9.58. The molecule has 0 radical (unpaired) electrons. The van der Waals surface area contributed by atoms with Gasteiger partial charge < -0.3 is 5.32 Å². The number of benzene rings is 1. The Morgan fingerprint density at radius 2 is 1.75 bits per heavy atom. The number of rotatable bonds is 3. The Morgan fingerprint density at radius 1 is 1.17 bits per heavy atom. The fourth-order valence-corrected chi connectivity index (χ4v) is 0.871. The summed E-state index contributed by atoms with van der Waals surface area (Å²) in [5, 5.41) is 4.39. The SMILES string of the molecule is CC(C)[N-]Cc1ccccc1.[Li+]. The van der Waals surface area contributed by atoms with Gasteiger partial charge in [-0.25, -0.2) is 0 Å². The first-order valence-corrected chi connectivity index (χ1v) is 3.99. The minimum atomic E-state index is 0. The van der Waals surface area contributed by atoms with E-state index in [1.165, 1.54) is 5.56 Å². The first-order chi connectivity index (χ1) is 5.29. The molecule has 0 bridgehead atoms. The maximum absolute atomic E-state index is 4.39. The molecule has 12 heavy (non-hydrogen) atoms. The van der Waals surface area contributed by atoms with Crippen LogP contribution in [0.25, 0.3) is 5.32 Å². The molecule has 1 aromatic carbocycles. The summed E-state index contributed by atoms with van der Waals surface area (Å²) in [6.07, 6.45) is 0. The third kappa shape index (κ3) is 4.61. The summed E-state index contributed by atoms with van der Waals surface area (Å²) in [7, 11) is 0. The van der Waals surface area contributed by atoms with Gasteiger partial charge >= 0.3 is 18.9 Å². The fraction of sp³-hybridized carbons (Fsp3) is 0.400. The van der Waals surface area contributed by atoms with E-state index in [2.05, 4.69) is 31.3 Å². The van der Waals surface area contributed by atoms with E-state index in [1.807, 2.05) is 18.2 Å². The van der Waals surface area contributed by atoms with Crippen LogP contribution in [0.4, 0.5) is 0 Å². The maximum atomic E-state index is 4.39. The van der Waals surface area contributed by atoms with Crippen LogP contribution in [0.5, 0.6) is 0 Å². The molecule has 1 rings (SSSR count). The van der Waals surface area contributed by atoms with E-state index in [-0.39, 0.29) is 18.9 Å². The summed E-state index contributed by atoms with van der Waals surface area (Å²) in [5.74, 6) is 0. The van der Waals surface area contributed by atoms with Crippen LogP contribution in [0.15, 0.2) is 30.3 Å². The molecule has 0 saturated carbocycles. The number of nitrogens with zero attached hydrogens (tertiary/aromatic N) is 1. The zero-order valence-electron chi connectivity index (χ0n) is 8.12. The molecule has 0 fully saturated rings. The largest absolute Gasteiger partial charge is 1.00 e. The maximum Gasteiger partial charge on any atom is 1.00 e. The van der Waals surface area contributed by atoms with Gasteiger partial charge in [-0.1, -0.05) is 49.7 Å². The van der Waals surface area contributed by atoms with Gasteiger partial charge in [0.25, 0.3) is 0 Å². The first kappa shape index (κ1) is 11.8. The van der Waals surface area contributed by atoms with Gasteiger partial charge in [-0.2, -0.15) is 0 Å². The monoisotopic (exact) mass is 155 g/mol. The average Bonchev–Trinajstić information content (AvgIpc) is 2.03. The molecule has 0 saturated heterocycles. The van der Waals surface area contributed by atoms with Crippen LogP contribution in [-0.4, -0.2) is 6.04 Å². The van der Waals surface area contributed by atoms with Crippen molar-refractivity contribution in [3.63, 3.8) is 0 Å². The summed E-state index contributed by atoms with van der Waals surface area (Å²) >= 11 is 0. The molecule has 0 aliphatic heterocycles. The van der Waals surface area contributed by atoms with Crippen molar-refractivity contribution >= 4 is 0 Å². The van der Waals surface area contributed by atoms with Crippen LogP contribution >= 0.6 is 0 Å². The third-order valence-electron chi connectivity index (χ3n) is 1.48. The third-order valence-corrected chi connectivity index (χ3v) is 1.48. The predicted octanol–water partition coefficient (Wildman–Crippen LogP) is -0.0273. The summed E-state index contributed by atoms with van der Waals surface area (Å²) in [5.41, 5.74) is 1.29. The molecule has 0 spiro atoms. The Balaban J connectivity index is 0.00000121. The molecule has 0 aliphatic rings. The van der Waals surface area contributed by atoms with Gasteiger partial charge in [0.1, 0.15) is 0 Å². The Morgan fingerprint density at radius 3 is 2.25 bits per heavy atom. The second-order valence-electron chi connectivity index (χ2n) is 2.92. The molecule has 0 N–H and O–H groups in total. The Kier molecular flexibility index (Phi) is 6.19. The van der Waals surface area contributed by atoms with Crippen molar-refractivity contribution in [3.8, 4) is 0 Å². The van der Waals surface area contributed by atoms with Crippen LogP contribution in [-0.2, 0) is 6.54 Å². The van der Waals surface area contributed by atoms with Gasteiger partial charge in [-0.05, 0) is 0 Å². The summed E-state index contributed by atoms with van der Waals surface area (Å²) in [4.78, 5) is 0. The fourth-order valence-electron chi connectivity index (χ4n) is 0.871. The van der Waals surface area contributed by atoms with E-state index in [9.17, 15) is 0 Å². The molecule has 0 atom stereocenters. The molecular weight excluding hydrogens is 141 g/mol. The Labute approximate surface area is 86.7 Å². The zero-order valence-corrected chi connectivity index (χ0v) is 8.12. The van der Waals surface area contributed by atoms with Gasteiger partial charge in [-0.15, -0.1) is 12.6 Å². The smallest absolute Gasteiger partial charge is 0.656 e. The number of hydrogen-bond acceptors (Lipinski definition) is 0. The molecule has 0 unspecified atom stereocenters. The summed E-state index contributed by atoms with van der Waals surface area (Å²) in [6.45, 7) is 5.05. The van der Waals surface area contributed by atoms with Crippen molar-refractivity contribution in [3.05, 3.63) is 41.2 Å². The molecule has 1 nitrogen and oxygen atoms in total. The second-order valence-corrected chi connectivity index (χ2v) is 2.92. The van der Waals surface area contributed by atoms with Gasteiger partial charge in [0.2, 0.25) is 0 Å². The van der Waals surface area contributed by atoms with E-state index in [0.29, 0.717) is 6.04 Å². The number of hydrogen-bond donors (Lipinski definition) is 0. The first-order valence-electron chi connectivity index (χ1n) is 3.99. The Hall–Kier alpha value is -0.223. The van der Waals surface area contributed by atoms with Gasteiger partial charge in [0.15, 0.2) is 0 Å². The van der Waals surface area contributed by atoms with Crippen LogP contribution < -0.4 is 18.9 Å². The molecule has 0 amide bonds. The van der Waals surface area contributed by atoms with Crippen LogP contribution in [0, 0.1) is 0 Å². The van der Waals surface area contributed by atoms with Crippen molar-refractivity contribution < 1.29 is 18.9 Å². The molecule has 1 aromatic rings. The van der Waals surface area contributed by atoms with E-state index in [0.717, 1.165) is 6.54 Å². The minimum Gasteiger partial charge on any atom is -0.656 e. The molecular formula is C10H14LiN. The topological polar surface area (TPSA) is 14.1 Å². The minimum absolute atomic E-state index is 0. The van der Waals surface area contributed by atoms with Crippen molar-refractivity contribution in [1.82, 2.24) is 0 Å². The van der Waals surface area contributed by atoms with Crippen LogP contribution in [0.2, 0.25) is 0 Å². The van der Waals surface area contributed by atoms with Gasteiger partial charge in [0, 0.05) is 0 Å². The zero-order chi connectivity index (χ0) is 8.10. The average molecular weight is 155 g/mol. The van der Waals surface area contributed by atoms with E-state index < -0.39 is 0 Å². The van der Waals surface area contributed by atoms with Gasteiger partial charge in [-0.3, -0.25) is 0 Å². The second kappa shape index (κ2) is 6.31. The van der Waals surface area contributed by atoms with E-state index in [4.69, 9.17) is 0 Å². The Bertz CT molecular complexity index is 196. The van der Waals surface area contributed by atoms with Crippen LogP contribution in [0.1, 0.15) is 19.4 Å². The van der Waals surface area contributed by atoms with Gasteiger partial charge in [0.05, 0.1) is 0 Å². The summed E-state index contributed by atoms with van der Waals surface area (Å²) < 4.78 is 0. The quantitative estimate of drug-likeness (QED) is 0.544. The van der Waals surface area contributed by atoms with Crippen molar-refractivity contribution in [2.75, 3.05) is 0 Å². The van der Waals surface area contributed by atoms with E-state index in [1.54, 1.807) is 0 Å². The molecule has 0 heterocycles. The van der Waals surface area contributed by atoms with E-state index >= 15 is 0 Å². The predicted molar refractivity (Wildman–Crippen MR) is 48.6 cm³/mol. The van der Waals surface area contributed by atoms with Crippen molar-refractivity contribution in [1.29, 1.82) is 0 Å². The summed E-state index contributed by atoms with van der Waals surface area (Å²) in [6, 6.07) is 10.8. The van der Waals surface area contributed by atoms with Crippen molar-refractivity contribution in [2.45, 2.75) is 26.4 Å².